The highest BCUT2D eigenvalue weighted by molar-refractivity contribution is 6.15. The number of nitrogens with zero attached hydrogens (tertiary/aromatic N) is 5. The van der Waals surface area contributed by atoms with E-state index in [2.05, 4.69) is 137 Å². The van der Waals surface area contributed by atoms with Crippen LogP contribution in [0.2, 0.25) is 0 Å². The molecule has 0 saturated carbocycles. The number of hydrogen-bond acceptors (Lipinski definition) is 4. The Bertz CT molecular complexity index is 3440. The number of benzene rings is 8. The molecule has 0 radical (unpaired) electrons. The minimum atomic E-state index is -0.684. The zero-order chi connectivity index (χ0) is 38.0. The largest absolute Gasteiger partial charge is 0.456 e. The predicted octanol–water partition coefficient (Wildman–Crippen LogP) is 12.2. The maximum absolute atomic E-state index is 7.25. The Labute approximate surface area is 332 Å². The summed E-state index contributed by atoms with van der Waals surface area (Å²) in [4.78, 5) is 15.4. The average Bonchev–Trinajstić information content (AvgIpc) is 3.82. The monoisotopic (exact) mass is 741 g/mol. The Balaban J connectivity index is 1.16. The fraction of sp³-hybridized carbons (Fsp3) is 0.0192. The Hall–Kier alpha value is -7.83. The average molecular weight is 742 g/mol. The molecule has 1 spiro atoms. The van der Waals surface area contributed by atoms with Gasteiger partial charge < -0.3 is 9.30 Å². The van der Waals surface area contributed by atoms with Crippen molar-refractivity contribution in [3.8, 4) is 45.9 Å². The van der Waals surface area contributed by atoms with Gasteiger partial charge in [0.15, 0.2) is 11.6 Å². The van der Waals surface area contributed by atoms with E-state index in [-0.39, 0.29) is 0 Å². The first kappa shape index (κ1) is 31.4. The van der Waals surface area contributed by atoms with Crippen molar-refractivity contribution in [2.45, 2.75) is 5.41 Å². The van der Waals surface area contributed by atoms with Gasteiger partial charge >= 0.3 is 0 Å². The molecule has 13 rings (SSSR count). The van der Waals surface area contributed by atoms with Crippen LogP contribution >= 0.6 is 0 Å². The normalized spacial score (nSPS) is 15.1. The number of para-hydroxylation sites is 5. The minimum absolute atomic E-state index is 0.544. The van der Waals surface area contributed by atoms with Crippen LogP contribution in [0.25, 0.3) is 78.0 Å². The van der Waals surface area contributed by atoms with Gasteiger partial charge in [-0.1, -0.05) is 158 Å². The van der Waals surface area contributed by atoms with Crippen molar-refractivity contribution in [1.29, 1.82) is 0 Å². The fourth-order valence-electron chi connectivity index (χ4n) is 9.95. The molecule has 0 N–H and O–H groups in total. The molecule has 0 saturated heterocycles. The number of rotatable bonds is 3. The van der Waals surface area contributed by atoms with E-state index < -0.39 is 5.41 Å². The van der Waals surface area contributed by atoms with Gasteiger partial charge in [0.25, 0.3) is 0 Å². The molecule has 0 amide bonds. The molecule has 11 aromatic rings. The summed E-state index contributed by atoms with van der Waals surface area (Å²) < 4.78 is 11.9. The third-order valence-corrected chi connectivity index (χ3v) is 12.2. The van der Waals surface area contributed by atoms with Crippen molar-refractivity contribution < 1.29 is 4.74 Å². The van der Waals surface area contributed by atoms with Crippen molar-refractivity contribution in [2.24, 2.45) is 0 Å². The van der Waals surface area contributed by atoms with E-state index in [4.69, 9.17) is 19.7 Å². The van der Waals surface area contributed by atoms with E-state index >= 15 is 0 Å². The molecule has 6 heteroatoms. The van der Waals surface area contributed by atoms with E-state index in [0.717, 1.165) is 55.6 Å². The van der Waals surface area contributed by atoms with Crippen molar-refractivity contribution >= 4 is 43.6 Å². The maximum Gasteiger partial charge on any atom is 0.238 e. The highest BCUT2D eigenvalue weighted by Crippen LogP contribution is 2.62. The summed E-state index contributed by atoms with van der Waals surface area (Å²) in [5.41, 5.74) is 11.4. The number of fused-ring (bicyclic) bond motifs is 15. The zero-order valence-electron chi connectivity index (χ0n) is 31.0. The summed E-state index contributed by atoms with van der Waals surface area (Å²) in [5.74, 6) is 3.44. The number of ether oxygens (including phenoxy) is 1. The molecule has 1 atom stereocenters. The predicted molar refractivity (Wildman–Crippen MR) is 231 cm³/mol. The molecule has 2 aliphatic rings. The first-order chi connectivity index (χ1) is 28.8. The van der Waals surface area contributed by atoms with Gasteiger partial charge in [-0.05, 0) is 41.5 Å². The van der Waals surface area contributed by atoms with Gasteiger partial charge in [0, 0.05) is 38.4 Å². The van der Waals surface area contributed by atoms with Gasteiger partial charge in [0.2, 0.25) is 5.95 Å². The van der Waals surface area contributed by atoms with E-state index in [1.54, 1.807) is 0 Å². The highest BCUT2D eigenvalue weighted by Gasteiger charge is 2.51. The van der Waals surface area contributed by atoms with E-state index in [9.17, 15) is 0 Å². The van der Waals surface area contributed by atoms with Crippen LogP contribution in [-0.2, 0) is 5.41 Å². The lowest BCUT2D eigenvalue weighted by molar-refractivity contribution is 0.439. The minimum Gasteiger partial charge on any atom is -0.456 e. The van der Waals surface area contributed by atoms with Gasteiger partial charge in [-0.2, -0.15) is 9.97 Å². The van der Waals surface area contributed by atoms with Crippen molar-refractivity contribution in [2.75, 3.05) is 0 Å². The van der Waals surface area contributed by atoms with E-state index in [1.165, 1.54) is 38.6 Å². The van der Waals surface area contributed by atoms with E-state index in [0.29, 0.717) is 17.6 Å². The third kappa shape index (κ3) is 4.03. The Morgan fingerprint density at radius 1 is 0.397 bits per heavy atom. The maximum atomic E-state index is 7.25. The van der Waals surface area contributed by atoms with Crippen LogP contribution in [-0.4, -0.2) is 24.1 Å². The summed E-state index contributed by atoms with van der Waals surface area (Å²) in [6, 6.07) is 66.4. The molecule has 1 unspecified atom stereocenters. The SMILES string of the molecule is c1ccc(-c2nc(-c3ccccc3)nc(-n3c4ccccc4c4c5c(ccc43)C3(c4ccccc4O5)c4ccccc4-n4c5ccccc5c5cccc3c54)n2)cc1. The lowest BCUT2D eigenvalue weighted by atomic mass is 9.61. The molecule has 0 fully saturated rings. The van der Waals surface area contributed by atoms with Crippen LogP contribution < -0.4 is 4.74 Å². The summed E-state index contributed by atoms with van der Waals surface area (Å²) in [6.45, 7) is 0. The van der Waals surface area contributed by atoms with Crippen LogP contribution in [0.3, 0.4) is 0 Å². The lowest BCUT2D eigenvalue weighted by Crippen LogP contribution is -2.37. The number of hydrogen-bond donors (Lipinski definition) is 0. The van der Waals surface area contributed by atoms with Crippen LogP contribution in [0, 0.1) is 0 Å². The smallest absolute Gasteiger partial charge is 0.238 e. The van der Waals surface area contributed by atoms with Gasteiger partial charge in [-0.3, -0.25) is 4.57 Å². The zero-order valence-corrected chi connectivity index (χ0v) is 31.0. The standard InChI is InChI=1S/C52H31N5O/c1-3-16-32(17-4-1)49-53-50(33-18-5-2-6-19-33)55-51(54-49)57-42-27-12-8-21-36(42)46-44(57)31-30-40-48(46)58-45-29-14-10-24-38(45)52(40)37-23-9-13-28-43(37)56-41-26-11-7-20-34(41)35-22-15-25-39(52)47(35)56/h1-31H. The molecule has 2 aliphatic heterocycles. The summed E-state index contributed by atoms with van der Waals surface area (Å²) in [6.07, 6.45) is 0. The van der Waals surface area contributed by atoms with Crippen molar-refractivity contribution in [3.63, 3.8) is 0 Å². The van der Waals surface area contributed by atoms with Gasteiger partial charge in [-0.15, -0.1) is 0 Å². The second-order valence-electron chi connectivity index (χ2n) is 15.1. The third-order valence-electron chi connectivity index (χ3n) is 12.2. The van der Waals surface area contributed by atoms with Crippen LogP contribution in [0.4, 0.5) is 0 Å². The first-order valence-corrected chi connectivity index (χ1v) is 19.6. The molecule has 270 valence electrons. The molecule has 3 aromatic heterocycles. The molecule has 0 aliphatic carbocycles. The van der Waals surface area contributed by atoms with E-state index in [1.807, 2.05) is 60.7 Å². The van der Waals surface area contributed by atoms with Gasteiger partial charge in [0.1, 0.15) is 11.5 Å². The molecular weight excluding hydrogens is 711 g/mol. The second-order valence-corrected chi connectivity index (χ2v) is 15.1. The van der Waals surface area contributed by atoms with Crippen molar-refractivity contribution in [1.82, 2.24) is 24.1 Å². The van der Waals surface area contributed by atoms with Crippen LogP contribution in [0.5, 0.6) is 11.5 Å². The topological polar surface area (TPSA) is 57.8 Å². The molecule has 6 nitrogen and oxygen atoms in total. The molecule has 58 heavy (non-hydrogen) atoms. The van der Waals surface area contributed by atoms with Crippen molar-refractivity contribution in [3.05, 3.63) is 210 Å². The Kier molecular flexibility index (Phi) is 6.28. The Morgan fingerprint density at radius 3 is 1.74 bits per heavy atom. The highest BCUT2D eigenvalue weighted by atomic mass is 16.5. The lowest BCUT2D eigenvalue weighted by Gasteiger charge is -2.45. The quantitative estimate of drug-likeness (QED) is 0.181. The van der Waals surface area contributed by atoms with Crippen LogP contribution in [0.15, 0.2) is 188 Å². The molecule has 8 aromatic carbocycles. The molecule has 5 heterocycles. The molecule has 0 bridgehead atoms. The second kappa shape index (κ2) is 11.6. The van der Waals surface area contributed by atoms with Gasteiger partial charge in [-0.25, -0.2) is 4.98 Å². The summed E-state index contributed by atoms with van der Waals surface area (Å²) >= 11 is 0. The summed E-state index contributed by atoms with van der Waals surface area (Å²) in [7, 11) is 0. The first-order valence-electron chi connectivity index (χ1n) is 19.6. The van der Waals surface area contributed by atoms with Gasteiger partial charge in [0.05, 0.1) is 38.6 Å². The Morgan fingerprint density at radius 2 is 0.983 bits per heavy atom. The molecular formula is C52H31N5O. The summed E-state index contributed by atoms with van der Waals surface area (Å²) in [5, 5.41) is 4.56. The van der Waals surface area contributed by atoms with Crippen LogP contribution in [0.1, 0.15) is 22.3 Å². The number of aromatic nitrogens is 5. The fourth-order valence-corrected chi connectivity index (χ4v) is 9.95.